The number of phenols is 1. The van der Waals surface area contributed by atoms with Crippen LogP contribution in [-0.4, -0.2) is 77.8 Å². The van der Waals surface area contributed by atoms with Gasteiger partial charge in [0.05, 0.1) is 18.3 Å². The Labute approximate surface area is 168 Å². The van der Waals surface area contributed by atoms with Gasteiger partial charge in [-0.25, -0.2) is 18.0 Å². The molecule has 0 bridgehead atoms. The van der Waals surface area contributed by atoms with Gasteiger partial charge in [0.15, 0.2) is 0 Å². The first-order valence-electron chi connectivity index (χ1n) is 9.79. The van der Waals surface area contributed by atoms with E-state index in [4.69, 9.17) is 4.74 Å². The monoisotopic (exact) mass is 415 g/mol. The van der Waals surface area contributed by atoms with Crippen LogP contribution in [0.1, 0.15) is 27.2 Å². The molecule has 2 aliphatic rings. The van der Waals surface area contributed by atoms with Crippen molar-refractivity contribution in [1.82, 2.24) is 9.80 Å². The van der Waals surface area contributed by atoms with Crippen molar-refractivity contribution >= 4 is 11.8 Å². The summed E-state index contributed by atoms with van der Waals surface area (Å²) in [6.45, 7) is 6.19. The number of carbonyl (C=O) groups is 1. The van der Waals surface area contributed by atoms with Crippen LogP contribution in [0, 0.1) is 5.82 Å². The van der Waals surface area contributed by atoms with E-state index in [1.807, 2.05) is 0 Å². The van der Waals surface area contributed by atoms with Gasteiger partial charge in [-0.05, 0) is 39.3 Å². The Kier molecular flexibility index (Phi) is 5.89. The second-order valence-electron chi connectivity index (χ2n) is 8.63. The number of carbonyl (C=O) groups excluding carboxylic acids is 1. The zero-order valence-electron chi connectivity index (χ0n) is 17.0. The Morgan fingerprint density at radius 3 is 2.38 bits per heavy atom. The number of rotatable bonds is 2. The van der Waals surface area contributed by atoms with Crippen LogP contribution in [0.4, 0.5) is 23.7 Å². The van der Waals surface area contributed by atoms with Crippen LogP contribution in [0.3, 0.4) is 0 Å². The van der Waals surface area contributed by atoms with Gasteiger partial charge in [-0.1, -0.05) is 0 Å². The molecule has 1 aromatic carbocycles. The first kappa shape index (κ1) is 21.5. The van der Waals surface area contributed by atoms with Crippen molar-refractivity contribution in [3.8, 4) is 5.75 Å². The zero-order valence-corrected chi connectivity index (χ0v) is 17.0. The van der Waals surface area contributed by atoms with Gasteiger partial charge in [0.2, 0.25) is 0 Å². The molecule has 0 spiro atoms. The smallest absolute Gasteiger partial charge is 0.410 e. The molecule has 1 aromatic rings. The van der Waals surface area contributed by atoms with Gasteiger partial charge in [0.25, 0.3) is 5.92 Å². The van der Waals surface area contributed by atoms with Gasteiger partial charge in [0.1, 0.15) is 17.2 Å². The number of hydrogen-bond acceptors (Lipinski definition) is 5. The van der Waals surface area contributed by atoms with E-state index in [1.54, 1.807) is 30.6 Å². The molecular formula is C20H28F3N3O3. The van der Waals surface area contributed by atoms with Crippen molar-refractivity contribution in [2.45, 2.75) is 44.8 Å². The quantitative estimate of drug-likeness (QED) is 0.803. The number of anilines is 1. The number of benzene rings is 1. The van der Waals surface area contributed by atoms with E-state index in [9.17, 15) is 23.1 Å². The third kappa shape index (κ3) is 5.07. The number of alkyl halides is 2. The third-order valence-corrected chi connectivity index (χ3v) is 5.24. The van der Waals surface area contributed by atoms with Gasteiger partial charge in [-0.15, -0.1) is 0 Å². The first-order chi connectivity index (χ1) is 13.5. The molecule has 2 fully saturated rings. The van der Waals surface area contributed by atoms with Crippen LogP contribution in [0.2, 0.25) is 0 Å². The van der Waals surface area contributed by atoms with Crippen LogP contribution in [0.5, 0.6) is 5.75 Å². The second-order valence-corrected chi connectivity index (χ2v) is 8.63. The number of piperidine rings is 1. The molecule has 162 valence electrons. The average molecular weight is 415 g/mol. The fraction of sp³-hybridized carbons (Fsp3) is 0.650. The molecule has 0 saturated carbocycles. The fourth-order valence-corrected chi connectivity index (χ4v) is 3.89. The Balaban J connectivity index is 1.59. The highest BCUT2D eigenvalue weighted by Crippen LogP contribution is 2.33. The van der Waals surface area contributed by atoms with E-state index in [0.29, 0.717) is 31.9 Å². The molecule has 2 aliphatic heterocycles. The van der Waals surface area contributed by atoms with Crippen molar-refractivity contribution in [2.24, 2.45) is 0 Å². The van der Waals surface area contributed by atoms with Crippen molar-refractivity contribution in [3.63, 3.8) is 0 Å². The highest BCUT2D eigenvalue weighted by molar-refractivity contribution is 5.68. The molecule has 1 amide bonds. The molecular weight excluding hydrogens is 387 g/mol. The summed E-state index contributed by atoms with van der Waals surface area (Å²) in [5.74, 6) is -3.74. The Bertz CT molecular complexity index is 746. The number of hydrogen-bond donors (Lipinski definition) is 1. The standard InChI is InChI=1S/C20H28F3N3O3/c1-19(2,3)29-18(28)26-7-6-17(20(22,23)13-26)25-10-8-24(9-11-25)16-5-4-14(27)12-15(16)21/h4-5,12,17,27H,6-11,13H2,1-3H3. The molecule has 2 saturated heterocycles. The summed E-state index contributed by atoms with van der Waals surface area (Å²) < 4.78 is 48.9. The SMILES string of the molecule is CC(C)(C)OC(=O)N1CCC(N2CCN(c3ccc(O)cc3F)CC2)C(F)(F)C1. The Hall–Kier alpha value is -2.16. The molecule has 6 nitrogen and oxygen atoms in total. The van der Waals surface area contributed by atoms with Gasteiger partial charge in [-0.3, -0.25) is 4.90 Å². The van der Waals surface area contributed by atoms with Crippen molar-refractivity contribution in [2.75, 3.05) is 44.2 Å². The van der Waals surface area contributed by atoms with E-state index in [-0.39, 0.29) is 18.7 Å². The molecule has 1 unspecified atom stereocenters. The molecule has 29 heavy (non-hydrogen) atoms. The summed E-state index contributed by atoms with van der Waals surface area (Å²) in [4.78, 5) is 16.7. The summed E-state index contributed by atoms with van der Waals surface area (Å²) in [5, 5.41) is 9.34. The van der Waals surface area contributed by atoms with Crippen LogP contribution < -0.4 is 4.90 Å². The van der Waals surface area contributed by atoms with Crippen LogP contribution in [-0.2, 0) is 4.74 Å². The second kappa shape index (κ2) is 7.93. The number of piperazine rings is 1. The lowest BCUT2D eigenvalue weighted by Crippen LogP contribution is -2.62. The van der Waals surface area contributed by atoms with Crippen LogP contribution in [0.15, 0.2) is 18.2 Å². The predicted octanol–water partition coefficient (Wildman–Crippen LogP) is 3.30. The molecule has 2 heterocycles. The normalized spacial score (nSPS) is 23.2. The minimum atomic E-state index is -3.05. The van der Waals surface area contributed by atoms with E-state index >= 15 is 0 Å². The van der Waals surface area contributed by atoms with Gasteiger partial charge in [0, 0.05) is 38.8 Å². The van der Waals surface area contributed by atoms with E-state index in [1.165, 1.54) is 12.1 Å². The van der Waals surface area contributed by atoms with Crippen LogP contribution >= 0.6 is 0 Å². The fourth-order valence-electron chi connectivity index (χ4n) is 3.89. The van der Waals surface area contributed by atoms with Crippen molar-refractivity contribution in [3.05, 3.63) is 24.0 Å². The Morgan fingerprint density at radius 2 is 1.83 bits per heavy atom. The largest absolute Gasteiger partial charge is 0.508 e. The number of amides is 1. The minimum absolute atomic E-state index is 0.152. The number of halogens is 3. The first-order valence-corrected chi connectivity index (χ1v) is 9.79. The summed E-state index contributed by atoms with van der Waals surface area (Å²) in [5.41, 5.74) is -0.378. The number of nitrogens with zero attached hydrogens (tertiary/aromatic N) is 3. The minimum Gasteiger partial charge on any atom is -0.508 e. The number of ether oxygens (including phenoxy) is 1. The maximum atomic E-state index is 14.8. The van der Waals surface area contributed by atoms with Crippen molar-refractivity contribution < 1.29 is 27.8 Å². The van der Waals surface area contributed by atoms with Gasteiger partial charge in [-0.2, -0.15) is 0 Å². The van der Waals surface area contributed by atoms with Gasteiger partial charge >= 0.3 is 6.09 Å². The average Bonchev–Trinajstić information content (AvgIpc) is 2.60. The highest BCUT2D eigenvalue weighted by atomic mass is 19.3. The zero-order chi connectivity index (χ0) is 21.4. The molecule has 0 aromatic heterocycles. The number of likely N-dealkylation sites (tertiary alicyclic amines) is 1. The maximum Gasteiger partial charge on any atom is 0.410 e. The molecule has 3 rings (SSSR count). The molecule has 1 atom stereocenters. The van der Waals surface area contributed by atoms with Crippen LogP contribution in [0.25, 0.3) is 0 Å². The number of aromatic hydroxyl groups is 1. The predicted molar refractivity (Wildman–Crippen MR) is 103 cm³/mol. The lowest BCUT2D eigenvalue weighted by atomic mass is 9.98. The topological polar surface area (TPSA) is 56.2 Å². The number of phenolic OH excluding ortho intramolecular Hbond substituents is 1. The van der Waals surface area contributed by atoms with E-state index in [2.05, 4.69) is 0 Å². The van der Waals surface area contributed by atoms with E-state index < -0.39 is 36.0 Å². The highest BCUT2D eigenvalue weighted by Gasteiger charge is 2.49. The summed E-state index contributed by atoms with van der Waals surface area (Å²) in [6, 6.07) is 2.98. The molecule has 1 N–H and O–H groups in total. The van der Waals surface area contributed by atoms with Crippen molar-refractivity contribution in [1.29, 1.82) is 0 Å². The molecule has 0 aliphatic carbocycles. The third-order valence-electron chi connectivity index (χ3n) is 5.24. The molecule has 0 radical (unpaired) electrons. The lowest BCUT2D eigenvalue weighted by Gasteiger charge is -2.46. The summed E-state index contributed by atoms with van der Waals surface area (Å²) in [7, 11) is 0. The van der Waals surface area contributed by atoms with E-state index in [0.717, 1.165) is 11.0 Å². The lowest BCUT2D eigenvalue weighted by molar-refractivity contribution is -0.126. The maximum absolute atomic E-state index is 14.8. The Morgan fingerprint density at radius 1 is 1.17 bits per heavy atom. The van der Waals surface area contributed by atoms with Gasteiger partial charge < -0.3 is 19.6 Å². The summed E-state index contributed by atoms with van der Waals surface area (Å²) >= 11 is 0. The molecule has 9 heteroatoms. The summed E-state index contributed by atoms with van der Waals surface area (Å²) in [6.07, 6.45) is -0.567.